The van der Waals surface area contributed by atoms with Gasteiger partial charge in [-0.3, -0.25) is 9.78 Å². The average Bonchev–Trinajstić information content (AvgIpc) is 2.79. The minimum absolute atomic E-state index is 0.0705. The van der Waals surface area contributed by atoms with Crippen molar-refractivity contribution in [2.75, 3.05) is 37.7 Å². The van der Waals surface area contributed by atoms with E-state index in [1.807, 2.05) is 25.1 Å². The quantitative estimate of drug-likeness (QED) is 0.656. The summed E-state index contributed by atoms with van der Waals surface area (Å²) in [6, 6.07) is 7.82. The van der Waals surface area contributed by atoms with Crippen molar-refractivity contribution in [3.05, 3.63) is 36.2 Å². The molecule has 3 heterocycles. The molecule has 0 saturated carbocycles. The fraction of sp³-hybridized carbons (Fsp3) is 0.545. The molecule has 0 unspecified atom stereocenters. The van der Waals surface area contributed by atoms with Crippen molar-refractivity contribution in [1.82, 2.24) is 20.3 Å². The van der Waals surface area contributed by atoms with Crippen molar-refractivity contribution in [3.63, 3.8) is 0 Å². The van der Waals surface area contributed by atoms with Gasteiger partial charge in [-0.05, 0) is 44.7 Å². The van der Waals surface area contributed by atoms with Crippen LogP contribution in [0.3, 0.4) is 0 Å². The zero-order valence-corrected chi connectivity index (χ0v) is 17.4. The highest BCUT2D eigenvalue weighted by molar-refractivity contribution is 5.78. The monoisotopic (exact) mass is 397 g/mol. The third-order valence-corrected chi connectivity index (χ3v) is 5.18. The third kappa shape index (κ3) is 5.97. The lowest BCUT2D eigenvalue weighted by atomic mass is 9.96. The number of amides is 1. The van der Waals surface area contributed by atoms with Crippen LogP contribution >= 0.6 is 0 Å². The SMILES string of the molecule is CCOCCCNC(=O)C1CCN(c2cc(CC)nc(-c3ccccn3)n2)CC1. The van der Waals surface area contributed by atoms with Crippen molar-refractivity contribution in [2.24, 2.45) is 5.92 Å². The highest BCUT2D eigenvalue weighted by Gasteiger charge is 2.26. The van der Waals surface area contributed by atoms with E-state index in [-0.39, 0.29) is 11.8 Å². The van der Waals surface area contributed by atoms with Gasteiger partial charge in [-0.1, -0.05) is 13.0 Å². The summed E-state index contributed by atoms with van der Waals surface area (Å²) < 4.78 is 5.31. The van der Waals surface area contributed by atoms with Crippen LogP contribution in [0, 0.1) is 5.92 Å². The molecule has 0 bridgehead atoms. The number of carbonyl (C=O) groups is 1. The molecule has 2 aromatic heterocycles. The van der Waals surface area contributed by atoms with Gasteiger partial charge in [-0.25, -0.2) is 9.97 Å². The van der Waals surface area contributed by atoms with E-state index in [1.165, 1.54) is 0 Å². The van der Waals surface area contributed by atoms with Crippen molar-refractivity contribution in [2.45, 2.75) is 39.5 Å². The van der Waals surface area contributed by atoms with Gasteiger partial charge in [-0.15, -0.1) is 0 Å². The standard InChI is InChI=1S/C22H31N5O2/c1-3-18-16-20(26-21(25-18)19-8-5-6-11-23-19)27-13-9-17(10-14-27)22(28)24-12-7-15-29-4-2/h5-6,8,11,16-17H,3-4,7,9-10,12-15H2,1-2H3,(H,24,28). The molecule has 1 aliphatic rings. The van der Waals surface area contributed by atoms with Crippen LogP contribution in [0.2, 0.25) is 0 Å². The Hall–Kier alpha value is -2.54. The molecule has 0 aromatic carbocycles. The number of anilines is 1. The van der Waals surface area contributed by atoms with Crippen LogP contribution in [0.4, 0.5) is 5.82 Å². The number of hydrogen-bond donors (Lipinski definition) is 1. The van der Waals surface area contributed by atoms with Crippen LogP contribution in [0.25, 0.3) is 11.5 Å². The molecule has 0 spiro atoms. The largest absolute Gasteiger partial charge is 0.382 e. The molecule has 29 heavy (non-hydrogen) atoms. The van der Waals surface area contributed by atoms with Gasteiger partial charge in [0.2, 0.25) is 5.91 Å². The Balaban J connectivity index is 1.58. The van der Waals surface area contributed by atoms with Crippen molar-refractivity contribution < 1.29 is 9.53 Å². The normalized spacial score (nSPS) is 14.8. The maximum absolute atomic E-state index is 12.4. The Morgan fingerprint density at radius 2 is 2.07 bits per heavy atom. The number of rotatable bonds is 9. The van der Waals surface area contributed by atoms with Crippen LogP contribution < -0.4 is 10.2 Å². The topological polar surface area (TPSA) is 80.2 Å². The molecule has 0 aliphatic carbocycles. The van der Waals surface area contributed by atoms with Crippen molar-refractivity contribution in [3.8, 4) is 11.5 Å². The lowest BCUT2D eigenvalue weighted by molar-refractivity contribution is -0.125. The van der Waals surface area contributed by atoms with Gasteiger partial charge in [0, 0.05) is 56.7 Å². The second-order valence-electron chi connectivity index (χ2n) is 7.21. The molecular formula is C22H31N5O2. The van der Waals surface area contributed by atoms with Crippen molar-refractivity contribution in [1.29, 1.82) is 0 Å². The Kier molecular flexibility index (Phi) is 7.93. The summed E-state index contributed by atoms with van der Waals surface area (Å²) in [7, 11) is 0. The van der Waals surface area contributed by atoms with E-state index in [9.17, 15) is 4.79 Å². The van der Waals surface area contributed by atoms with Gasteiger partial charge in [0.05, 0.1) is 0 Å². The lowest BCUT2D eigenvalue weighted by Gasteiger charge is -2.32. The molecular weight excluding hydrogens is 366 g/mol. The molecule has 156 valence electrons. The van der Waals surface area contributed by atoms with Crippen LogP contribution in [-0.2, 0) is 16.0 Å². The molecule has 3 rings (SSSR count). The van der Waals surface area contributed by atoms with E-state index in [1.54, 1.807) is 6.20 Å². The summed E-state index contributed by atoms with van der Waals surface area (Å²) in [5, 5.41) is 3.04. The smallest absolute Gasteiger partial charge is 0.223 e. The van der Waals surface area contributed by atoms with Crippen LogP contribution in [0.5, 0.6) is 0 Å². The molecule has 0 radical (unpaired) electrons. The van der Waals surface area contributed by atoms with E-state index in [4.69, 9.17) is 9.72 Å². The van der Waals surface area contributed by atoms with Gasteiger partial charge >= 0.3 is 0 Å². The van der Waals surface area contributed by atoms with Gasteiger partial charge in [0.1, 0.15) is 11.5 Å². The second-order valence-corrected chi connectivity index (χ2v) is 7.21. The van der Waals surface area contributed by atoms with Gasteiger partial charge in [-0.2, -0.15) is 0 Å². The summed E-state index contributed by atoms with van der Waals surface area (Å²) in [4.78, 5) is 28.5. The summed E-state index contributed by atoms with van der Waals surface area (Å²) in [6.07, 6.45) is 5.13. The average molecular weight is 398 g/mol. The number of pyridine rings is 1. The number of ether oxygens (including phenoxy) is 1. The molecule has 1 N–H and O–H groups in total. The molecule has 2 aromatic rings. The molecule has 1 saturated heterocycles. The van der Waals surface area contributed by atoms with Crippen LogP contribution in [0.15, 0.2) is 30.5 Å². The summed E-state index contributed by atoms with van der Waals surface area (Å²) in [5.74, 6) is 1.82. The number of aromatic nitrogens is 3. The van der Waals surface area contributed by atoms with E-state index in [0.29, 0.717) is 19.0 Å². The first-order valence-electron chi connectivity index (χ1n) is 10.6. The van der Waals surface area contributed by atoms with Crippen LogP contribution in [-0.4, -0.2) is 53.7 Å². The summed E-state index contributed by atoms with van der Waals surface area (Å²) in [6.45, 7) is 7.80. The zero-order chi connectivity index (χ0) is 20.5. The Bertz CT molecular complexity index is 776. The number of hydrogen-bond acceptors (Lipinski definition) is 6. The van der Waals surface area contributed by atoms with Gasteiger partial charge in [0.25, 0.3) is 0 Å². The van der Waals surface area contributed by atoms with Gasteiger partial charge in [0.15, 0.2) is 5.82 Å². The second kappa shape index (κ2) is 10.9. The molecule has 1 amide bonds. The number of carbonyl (C=O) groups excluding carboxylic acids is 1. The van der Waals surface area contributed by atoms with E-state index < -0.39 is 0 Å². The highest BCUT2D eigenvalue weighted by atomic mass is 16.5. The maximum Gasteiger partial charge on any atom is 0.223 e. The Morgan fingerprint density at radius 3 is 2.76 bits per heavy atom. The number of nitrogens with zero attached hydrogens (tertiary/aromatic N) is 4. The first kappa shape index (κ1) is 21.2. The lowest BCUT2D eigenvalue weighted by Crippen LogP contribution is -2.41. The highest BCUT2D eigenvalue weighted by Crippen LogP contribution is 2.24. The predicted octanol–water partition coefficient (Wildman–Crippen LogP) is 2.86. The van der Waals surface area contributed by atoms with E-state index in [2.05, 4.69) is 33.2 Å². The zero-order valence-electron chi connectivity index (χ0n) is 17.4. The summed E-state index contributed by atoms with van der Waals surface area (Å²) >= 11 is 0. The Labute approximate surface area is 172 Å². The van der Waals surface area contributed by atoms with Crippen LogP contribution in [0.1, 0.15) is 38.8 Å². The maximum atomic E-state index is 12.4. The molecule has 7 heteroatoms. The number of nitrogens with one attached hydrogen (secondary N) is 1. The first-order valence-corrected chi connectivity index (χ1v) is 10.6. The van der Waals surface area contributed by atoms with Crippen molar-refractivity contribution >= 4 is 11.7 Å². The molecule has 7 nitrogen and oxygen atoms in total. The minimum atomic E-state index is 0.0705. The molecule has 1 aliphatic heterocycles. The third-order valence-electron chi connectivity index (χ3n) is 5.18. The fourth-order valence-corrected chi connectivity index (χ4v) is 3.48. The summed E-state index contributed by atoms with van der Waals surface area (Å²) in [5.41, 5.74) is 1.79. The van der Waals surface area contributed by atoms with E-state index >= 15 is 0 Å². The molecule has 0 atom stereocenters. The van der Waals surface area contributed by atoms with E-state index in [0.717, 1.165) is 62.6 Å². The number of piperidine rings is 1. The Morgan fingerprint density at radius 1 is 1.24 bits per heavy atom. The van der Waals surface area contributed by atoms with Gasteiger partial charge < -0.3 is 15.0 Å². The predicted molar refractivity (Wildman–Crippen MR) is 114 cm³/mol. The first-order chi connectivity index (χ1) is 14.2. The molecule has 1 fully saturated rings. The number of aryl methyl sites for hydroxylation is 1. The fourth-order valence-electron chi connectivity index (χ4n) is 3.48. The minimum Gasteiger partial charge on any atom is -0.382 e.